The second-order valence-corrected chi connectivity index (χ2v) is 3.96. The zero-order chi connectivity index (χ0) is 13.3. The third-order valence-electron chi connectivity index (χ3n) is 2.51. The molecule has 0 bridgehead atoms. The van der Waals surface area contributed by atoms with Crippen molar-refractivity contribution in [2.45, 2.75) is 6.92 Å². The molecule has 2 aromatic carbocycles. The van der Waals surface area contributed by atoms with Crippen LogP contribution >= 0.6 is 0 Å². The van der Waals surface area contributed by atoms with Crippen molar-refractivity contribution in [3.8, 4) is 11.8 Å². The summed E-state index contributed by atoms with van der Waals surface area (Å²) in [5.74, 6) is 6.09. The fourth-order valence-corrected chi connectivity index (χ4v) is 1.58. The molecule has 2 aromatic rings. The number of nitrogens with zero attached hydrogens (tertiary/aromatic N) is 1. The van der Waals surface area contributed by atoms with Gasteiger partial charge in [-0.2, -0.15) is 0 Å². The minimum Gasteiger partial charge on any atom is -0.255 e. The third-order valence-corrected chi connectivity index (χ3v) is 2.51. The highest BCUT2D eigenvalue weighted by molar-refractivity contribution is 5.82. The van der Waals surface area contributed by atoms with Crippen LogP contribution in [0.15, 0.2) is 71.7 Å². The van der Waals surface area contributed by atoms with Gasteiger partial charge in [0.25, 0.3) is 0 Å². The first-order valence-corrected chi connectivity index (χ1v) is 6.21. The molecule has 1 nitrogen and oxygen atoms in total. The number of aliphatic imine (C=N–C) groups is 1. The maximum Gasteiger partial charge on any atom is 0.0786 e. The molecule has 0 aliphatic carbocycles. The molecule has 0 saturated carbocycles. The van der Waals surface area contributed by atoms with E-state index in [1.807, 2.05) is 79.9 Å². The molecule has 0 fully saturated rings. The third kappa shape index (κ3) is 3.97. The molecule has 1 heteroatoms. The largest absolute Gasteiger partial charge is 0.255 e. The molecule has 0 spiro atoms. The van der Waals surface area contributed by atoms with E-state index in [0.29, 0.717) is 0 Å². The Kier molecular flexibility index (Phi) is 4.72. The van der Waals surface area contributed by atoms with Gasteiger partial charge in [-0.15, -0.1) is 0 Å². The molecule has 0 unspecified atom stereocenters. The molecule has 19 heavy (non-hydrogen) atoms. The van der Waals surface area contributed by atoms with Crippen molar-refractivity contribution in [3.63, 3.8) is 0 Å². The molecule has 92 valence electrons. The van der Waals surface area contributed by atoms with Crippen molar-refractivity contribution in [2.75, 3.05) is 0 Å². The summed E-state index contributed by atoms with van der Waals surface area (Å²) in [6.45, 7) is 1.95. The highest BCUT2D eigenvalue weighted by atomic mass is 14.7. The predicted molar refractivity (Wildman–Crippen MR) is 81.8 cm³/mol. The molecule has 0 saturated heterocycles. The molecular weight excluding hydrogens is 230 g/mol. The zero-order valence-corrected chi connectivity index (χ0v) is 10.9. The molecule has 0 amide bonds. The molecule has 0 aromatic heterocycles. The Morgan fingerprint density at radius 3 is 2.47 bits per heavy atom. The predicted octanol–water partition coefficient (Wildman–Crippen LogP) is 4.36. The number of allylic oxidation sites excluding steroid dienone is 2. The molecule has 0 aliphatic rings. The van der Waals surface area contributed by atoms with E-state index in [1.165, 1.54) is 0 Å². The van der Waals surface area contributed by atoms with Gasteiger partial charge in [-0.1, -0.05) is 60.4 Å². The Bertz CT molecular complexity index is 640. The average Bonchev–Trinajstić information content (AvgIpc) is 2.48. The zero-order valence-electron chi connectivity index (χ0n) is 10.9. The Balaban J connectivity index is 2.26. The highest BCUT2D eigenvalue weighted by Crippen LogP contribution is 2.17. The number of benzene rings is 2. The van der Waals surface area contributed by atoms with Crippen LogP contribution in [-0.4, -0.2) is 6.21 Å². The first kappa shape index (κ1) is 12.9. The van der Waals surface area contributed by atoms with Crippen LogP contribution in [-0.2, 0) is 0 Å². The van der Waals surface area contributed by atoms with E-state index in [4.69, 9.17) is 0 Å². The first-order chi connectivity index (χ1) is 9.40. The van der Waals surface area contributed by atoms with Gasteiger partial charge in [0.2, 0.25) is 0 Å². The number of hydrogen-bond acceptors (Lipinski definition) is 1. The van der Waals surface area contributed by atoms with Gasteiger partial charge in [0.05, 0.1) is 11.3 Å². The van der Waals surface area contributed by atoms with Gasteiger partial charge in [-0.25, -0.2) is 0 Å². The van der Waals surface area contributed by atoms with Crippen LogP contribution < -0.4 is 0 Å². The lowest BCUT2D eigenvalue weighted by Crippen LogP contribution is -1.80. The fraction of sp³-hybridized carbons (Fsp3) is 0.0556. The minimum absolute atomic E-state index is 0.892. The van der Waals surface area contributed by atoms with Crippen LogP contribution in [0.2, 0.25) is 0 Å². The van der Waals surface area contributed by atoms with Gasteiger partial charge >= 0.3 is 0 Å². The van der Waals surface area contributed by atoms with Gasteiger partial charge in [0, 0.05) is 6.21 Å². The molecule has 0 heterocycles. The molecule has 0 atom stereocenters. The summed E-state index contributed by atoms with van der Waals surface area (Å²) in [5.41, 5.74) is 2.91. The summed E-state index contributed by atoms with van der Waals surface area (Å²) >= 11 is 0. The Morgan fingerprint density at radius 1 is 0.947 bits per heavy atom. The molecule has 0 radical (unpaired) electrons. The standard InChI is InChI=1S/C18H15N/c1-2-3-5-12-17-13-8-9-14-18(17)19-15-16-10-6-4-7-11-16/h2-4,6-11,13-15H,1H3/b3-2+,19-15?. The monoisotopic (exact) mass is 245 g/mol. The lowest BCUT2D eigenvalue weighted by Gasteiger charge is -1.97. The van der Waals surface area contributed by atoms with Crippen molar-refractivity contribution in [1.29, 1.82) is 0 Å². The van der Waals surface area contributed by atoms with Crippen molar-refractivity contribution in [1.82, 2.24) is 0 Å². The molecule has 0 aliphatic heterocycles. The van der Waals surface area contributed by atoms with Crippen molar-refractivity contribution in [2.24, 2.45) is 4.99 Å². The second kappa shape index (κ2) is 6.98. The summed E-state index contributed by atoms with van der Waals surface area (Å²) in [4.78, 5) is 4.50. The van der Waals surface area contributed by atoms with E-state index in [1.54, 1.807) is 0 Å². The van der Waals surface area contributed by atoms with E-state index < -0.39 is 0 Å². The summed E-state index contributed by atoms with van der Waals surface area (Å²) in [6, 6.07) is 17.9. The van der Waals surface area contributed by atoms with E-state index in [9.17, 15) is 0 Å². The second-order valence-electron chi connectivity index (χ2n) is 3.96. The normalized spacial score (nSPS) is 10.6. The van der Waals surface area contributed by atoms with Crippen LogP contribution in [0.5, 0.6) is 0 Å². The number of rotatable bonds is 2. The average molecular weight is 245 g/mol. The van der Waals surface area contributed by atoms with Gasteiger partial charge in [-0.05, 0) is 30.7 Å². The summed E-state index contributed by atoms with van der Waals surface area (Å²) in [5, 5.41) is 0. The summed E-state index contributed by atoms with van der Waals surface area (Å²) in [6.07, 6.45) is 5.61. The van der Waals surface area contributed by atoms with Crippen molar-refractivity contribution < 1.29 is 0 Å². The smallest absolute Gasteiger partial charge is 0.0786 e. The van der Waals surface area contributed by atoms with Gasteiger partial charge in [0.1, 0.15) is 0 Å². The van der Waals surface area contributed by atoms with E-state index in [0.717, 1.165) is 16.8 Å². The molecule has 2 rings (SSSR count). The van der Waals surface area contributed by atoms with Crippen molar-refractivity contribution >= 4 is 11.9 Å². The van der Waals surface area contributed by atoms with E-state index in [2.05, 4.69) is 16.8 Å². The SMILES string of the molecule is C/C=C/C#Cc1ccccc1N=Cc1ccccc1. The lowest BCUT2D eigenvalue weighted by molar-refractivity contribution is 1.50. The number of hydrogen-bond donors (Lipinski definition) is 0. The fourth-order valence-electron chi connectivity index (χ4n) is 1.58. The van der Waals surface area contributed by atoms with Gasteiger partial charge < -0.3 is 0 Å². The molecule has 0 N–H and O–H groups in total. The maximum atomic E-state index is 4.50. The van der Waals surface area contributed by atoms with E-state index >= 15 is 0 Å². The Morgan fingerprint density at radius 2 is 1.68 bits per heavy atom. The van der Waals surface area contributed by atoms with Gasteiger partial charge in [0.15, 0.2) is 0 Å². The van der Waals surface area contributed by atoms with Crippen molar-refractivity contribution in [3.05, 3.63) is 77.9 Å². The first-order valence-electron chi connectivity index (χ1n) is 6.21. The van der Waals surface area contributed by atoms with Gasteiger partial charge in [-0.3, -0.25) is 4.99 Å². The van der Waals surface area contributed by atoms with Crippen LogP contribution in [0.3, 0.4) is 0 Å². The quantitative estimate of drug-likeness (QED) is 0.550. The van der Waals surface area contributed by atoms with Crippen LogP contribution in [0.1, 0.15) is 18.1 Å². The molecular formula is C18H15N. The van der Waals surface area contributed by atoms with Crippen LogP contribution in [0, 0.1) is 11.8 Å². The maximum absolute atomic E-state index is 4.50. The Labute approximate surface area is 114 Å². The van der Waals surface area contributed by atoms with Crippen LogP contribution in [0.4, 0.5) is 5.69 Å². The summed E-state index contributed by atoms with van der Waals surface area (Å²) < 4.78 is 0. The van der Waals surface area contributed by atoms with Crippen LogP contribution in [0.25, 0.3) is 0 Å². The highest BCUT2D eigenvalue weighted by Gasteiger charge is 1.95. The van der Waals surface area contributed by atoms with E-state index in [-0.39, 0.29) is 0 Å². The minimum atomic E-state index is 0.892. The Hall–Kier alpha value is -2.59. The number of para-hydroxylation sites is 1. The lowest BCUT2D eigenvalue weighted by atomic mass is 10.2. The topological polar surface area (TPSA) is 12.4 Å². The summed E-state index contributed by atoms with van der Waals surface area (Å²) in [7, 11) is 0.